The van der Waals surface area contributed by atoms with Gasteiger partial charge in [-0.2, -0.15) is 5.10 Å². The number of aliphatic hydroxyl groups excluding tert-OH is 1. The number of carbonyl (C=O) groups is 1. The summed E-state index contributed by atoms with van der Waals surface area (Å²) in [5.41, 5.74) is 1.72. The van der Waals surface area contributed by atoms with Crippen molar-refractivity contribution in [2.75, 3.05) is 25.0 Å². The molecule has 7 heteroatoms. The number of carbonyl (C=O) groups excluding carboxylic acids is 1. The van der Waals surface area contributed by atoms with Crippen LogP contribution in [0, 0.1) is 12.8 Å². The van der Waals surface area contributed by atoms with Crippen molar-refractivity contribution in [3.63, 3.8) is 0 Å². The summed E-state index contributed by atoms with van der Waals surface area (Å²) in [5, 5.41) is 16.7. The largest absolute Gasteiger partial charge is 0.396 e. The normalized spacial score (nSPS) is 17.8. The molecule has 0 spiro atoms. The van der Waals surface area contributed by atoms with E-state index < -0.39 is 0 Å². The molecule has 24 heavy (non-hydrogen) atoms. The van der Waals surface area contributed by atoms with E-state index in [0.29, 0.717) is 18.9 Å². The van der Waals surface area contributed by atoms with Crippen molar-refractivity contribution in [3.05, 3.63) is 41.9 Å². The second-order valence-electron chi connectivity index (χ2n) is 6.22. The Kier molecular flexibility index (Phi) is 5.10. The van der Waals surface area contributed by atoms with Gasteiger partial charge < -0.3 is 10.0 Å². The summed E-state index contributed by atoms with van der Waals surface area (Å²) in [5.74, 6) is 0.832. The van der Waals surface area contributed by atoms with E-state index >= 15 is 0 Å². The predicted octanol–water partition coefficient (Wildman–Crippen LogP) is 1.87. The van der Waals surface area contributed by atoms with Crippen LogP contribution >= 0.6 is 0 Å². The Labute approximate surface area is 141 Å². The SMILES string of the molecule is Cc1cc(NC(=O)N2CCCC(CO)C2)n(Cc2ccccn2)n1. The van der Waals surface area contributed by atoms with E-state index in [4.69, 9.17) is 0 Å². The molecule has 1 unspecified atom stereocenters. The summed E-state index contributed by atoms with van der Waals surface area (Å²) in [6, 6.07) is 7.44. The van der Waals surface area contributed by atoms with E-state index in [2.05, 4.69) is 15.4 Å². The van der Waals surface area contributed by atoms with Crippen molar-refractivity contribution in [2.24, 2.45) is 5.92 Å². The average molecular weight is 329 g/mol. The van der Waals surface area contributed by atoms with Crippen molar-refractivity contribution < 1.29 is 9.90 Å². The Balaban J connectivity index is 1.69. The average Bonchev–Trinajstić information content (AvgIpc) is 2.94. The van der Waals surface area contributed by atoms with Gasteiger partial charge in [-0.05, 0) is 37.8 Å². The summed E-state index contributed by atoms with van der Waals surface area (Å²) in [6.07, 6.45) is 3.63. The van der Waals surface area contributed by atoms with E-state index in [9.17, 15) is 9.90 Å². The van der Waals surface area contributed by atoms with E-state index in [1.54, 1.807) is 15.8 Å². The van der Waals surface area contributed by atoms with Crippen molar-refractivity contribution in [3.8, 4) is 0 Å². The third-order valence-corrected chi connectivity index (χ3v) is 4.24. The number of likely N-dealkylation sites (tertiary alicyclic amines) is 1. The molecule has 0 aliphatic carbocycles. The number of hydrogen-bond donors (Lipinski definition) is 2. The second kappa shape index (κ2) is 7.44. The molecule has 0 radical (unpaired) electrons. The number of hydrogen-bond acceptors (Lipinski definition) is 4. The number of aryl methyl sites for hydroxylation is 1. The van der Waals surface area contributed by atoms with E-state index in [1.807, 2.05) is 31.2 Å². The highest BCUT2D eigenvalue weighted by Gasteiger charge is 2.24. The van der Waals surface area contributed by atoms with Gasteiger partial charge >= 0.3 is 6.03 Å². The number of piperidine rings is 1. The minimum absolute atomic E-state index is 0.125. The number of nitrogens with zero attached hydrogens (tertiary/aromatic N) is 4. The zero-order valence-electron chi connectivity index (χ0n) is 13.9. The van der Waals surface area contributed by atoms with E-state index in [1.165, 1.54) is 0 Å². The summed E-state index contributed by atoms with van der Waals surface area (Å²) < 4.78 is 1.75. The fourth-order valence-corrected chi connectivity index (χ4v) is 3.00. The van der Waals surface area contributed by atoms with Gasteiger partial charge in [0.05, 0.1) is 17.9 Å². The molecule has 1 aliphatic heterocycles. The first kappa shape index (κ1) is 16.4. The smallest absolute Gasteiger partial charge is 0.323 e. The first-order valence-electron chi connectivity index (χ1n) is 8.27. The number of aromatic nitrogens is 3. The van der Waals surface area contributed by atoms with Crippen molar-refractivity contribution in [1.29, 1.82) is 0 Å². The van der Waals surface area contributed by atoms with Gasteiger partial charge in [0.1, 0.15) is 5.82 Å². The van der Waals surface area contributed by atoms with Crippen LogP contribution in [-0.4, -0.2) is 50.5 Å². The lowest BCUT2D eigenvalue weighted by atomic mass is 9.99. The monoisotopic (exact) mass is 329 g/mol. The van der Waals surface area contributed by atoms with Gasteiger partial charge in [-0.15, -0.1) is 0 Å². The van der Waals surface area contributed by atoms with Crippen LogP contribution in [0.5, 0.6) is 0 Å². The molecule has 1 atom stereocenters. The van der Waals surface area contributed by atoms with E-state index in [-0.39, 0.29) is 18.6 Å². The summed E-state index contributed by atoms with van der Waals surface area (Å²) >= 11 is 0. The molecule has 0 bridgehead atoms. The summed E-state index contributed by atoms with van der Waals surface area (Å²) in [4.78, 5) is 18.6. The highest BCUT2D eigenvalue weighted by atomic mass is 16.3. The molecule has 128 valence electrons. The van der Waals surface area contributed by atoms with Crippen molar-refractivity contribution in [2.45, 2.75) is 26.3 Å². The molecular formula is C17H23N5O2. The molecule has 2 aromatic rings. The maximum Gasteiger partial charge on any atom is 0.323 e. The van der Waals surface area contributed by atoms with Gasteiger partial charge in [0.15, 0.2) is 0 Å². The predicted molar refractivity (Wildman–Crippen MR) is 90.7 cm³/mol. The molecule has 7 nitrogen and oxygen atoms in total. The number of aliphatic hydroxyl groups is 1. The van der Waals surface area contributed by atoms with Crippen LogP contribution in [0.4, 0.5) is 10.6 Å². The topological polar surface area (TPSA) is 83.3 Å². The van der Waals surface area contributed by atoms with Gasteiger partial charge in [-0.25, -0.2) is 9.48 Å². The zero-order chi connectivity index (χ0) is 16.9. The second-order valence-corrected chi connectivity index (χ2v) is 6.22. The van der Waals surface area contributed by atoms with Crippen LogP contribution < -0.4 is 5.32 Å². The summed E-state index contributed by atoms with van der Waals surface area (Å²) in [7, 11) is 0. The molecule has 1 aliphatic rings. The van der Waals surface area contributed by atoms with Crippen LogP contribution in [0.3, 0.4) is 0 Å². The third-order valence-electron chi connectivity index (χ3n) is 4.24. The van der Waals surface area contributed by atoms with Crippen molar-refractivity contribution >= 4 is 11.8 Å². The molecule has 2 aromatic heterocycles. The minimum Gasteiger partial charge on any atom is -0.396 e. The molecule has 1 fully saturated rings. The van der Waals surface area contributed by atoms with Gasteiger partial charge in [-0.3, -0.25) is 10.3 Å². The molecule has 1 saturated heterocycles. The van der Waals surface area contributed by atoms with Crippen molar-refractivity contribution in [1.82, 2.24) is 19.7 Å². The van der Waals surface area contributed by atoms with Crippen LogP contribution in [-0.2, 0) is 6.54 Å². The Hall–Kier alpha value is -2.41. The van der Waals surface area contributed by atoms with Crippen LogP contribution in [0.25, 0.3) is 0 Å². The molecule has 2 N–H and O–H groups in total. The standard InChI is InChI=1S/C17H23N5O2/c1-13-9-16(22(20-13)11-15-6-2-3-7-18-15)19-17(24)21-8-4-5-14(10-21)12-23/h2-3,6-7,9,14,23H,4-5,8,10-12H2,1H3,(H,19,24). The lowest BCUT2D eigenvalue weighted by molar-refractivity contribution is 0.136. The fourth-order valence-electron chi connectivity index (χ4n) is 3.00. The molecule has 0 aromatic carbocycles. The maximum absolute atomic E-state index is 12.5. The highest BCUT2D eigenvalue weighted by Crippen LogP contribution is 2.18. The number of rotatable bonds is 4. The molecular weight excluding hydrogens is 306 g/mol. The molecule has 2 amide bonds. The number of anilines is 1. The number of pyridine rings is 1. The molecule has 3 rings (SSSR count). The zero-order valence-corrected chi connectivity index (χ0v) is 13.9. The third kappa shape index (κ3) is 3.91. The maximum atomic E-state index is 12.5. The first-order chi connectivity index (χ1) is 11.7. The molecule has 3 heterocycles. The van der Waals surface area contributed by atoms with Gasteiger partial charge in [0.2, 0.25) is 0 Å². The first-order valence-corrected chi connectivity index (χ1v) is 8.27. The van der Waals surface area contributed by atoms with Crippen LogP contribution in [0.1, 0.15) is 24.2 Å². The summed E-state index contributed by atoms with van der Waals surface area (Å²) in [6.45, 7) is 3.84. The number of urea groups is 1. The lowest BCUT2D eigenvalue weighted by Gasteiger charge is -2.31. The van der Waals surface area contributed by atoms with Gasteiger partial charge in [0.25, 0.3) is 0 Å². The van der Waals surface area contributed by atoms with Crippen LogP contribution in [0.15, 0.2) is 30.5 Å². The van der Waals surface area contributed by atoms with E-state index in [0.717, 1.165) is 30.8 Å². The quantitative estimate of drug-likeness (QED) is 0.897. The van der Waals surface area contributed by atoms with Crippen LogP contribution in [0.2, 0.25) is 0 Å². The number of amides is 2. The van der Waals surface area contributed by atoms with Gasteiger partial charge in [-0.1, -0.05) is 6.07 Å². The number of nitrogens with one attached hydrogen (secondary N) is 1. The lowest BCUT2D eigenvalue weighted by Crippen LogP contribution is -2.43. The minimum atomic E-state index is -0.143. The molecule has 0 saturated carbocycles. The Morgan fingerprint density at radius 1 is 1.46 bits per heavy atom. The fraction of sp³-hybridized carbons (Fsp3) is 0.471. The highest BCUT2D eigenvalue weighted by molar-refractivity contribution is 5.88. The van der Waals surface area contributed by atoms with Gasteiger partial charge in [0, 0.05) is 32.0 Å². The Morgan fingerprint density at radius 3 is 3.08 bits per heavy atom. The Morgan fingerprint density at radius 2 is 2.33 bits per heavy atom. The Bertz CT molecular complexity index is 686.